The summed E-state index contributed by atoms with van der Waals surface area (Å²) < 4.78 is 7.09. The van der Waals surface area contributed by atoms with Gasteiger partial charge in [-0.15, -0.1) is 0 Å². The van der Waals surface area contributed by atoms with Gasteiger partial charge in [-0.25, -0.2) is 9.13 Å². The number of hydrogen-bond donors (Lipinski definition) is 0. The highest BCUT2D eigenvalue weighted by atomic mass is 15.2. The molecule has 0 spiro atoms. The van der Waals surface area contributed by atoms with Gasteiger partial charge in [-0.05, 0) is 25.1 Å². The second-order valence-electron chi connectivity index (χ2n) is 8.18. The summed E-state index contributed by atoms with van der Waals surface area (Å²) in [7, 11) is 2.11. The van der Waals surface area contributed by atoms with Gasteiger partial charge in [-0.2, -0.15) is 0 Å². The summed E-state index contributed by atoms with van der Waals surface area (Å²) in [5, 5.41) is 0. The van der Waals surface area contributed by atoms with Gasteiger partial charge in [0.05, 0.1) is 13.2 Å². The van der Waals surface area contributed by atoms with Gasteiger partial charge in [-0.3, -0.25) is 4.57 Å². The van der Waals surface area contributed by atoms with Crippen LogP contribution in [0.1, 0.15) is 57.7 Å². The van der Waals surface area contributed by atoms with Crippen molar-refractivity contribution in [2.75, 3.05) is 0 Å². The van der Waals surface area contributed by atoms with E-state index in [9.17, 15) is 0 Å². The molecule has 0 aliphatic rings. The number of benzene rings is 1. The minimum atomic E-state index is -0.00197. The molecule has 0 amide bonds. The molecule has 132 valence electrons. The van der Waals surface area contributed by atoms with E-state index in [1.54, 1.807) is 0 Å². The Hall–Kier alpha value is -2.29. The van der Waals surface area contributed by atoms with Crippen molar-refractivity contribution in [1.29, 1.82) is 0 Å². The fraction of sp³-hybridized carbons (Fsp3) is 0.409. The molecule has 3 heteroatoms. The van der Waals surface area contributed by atoms with E-state index in [-0.39, 0.29) is 5.41 Å². The molecule has 0 aliphatic heterocycles. The van der Waals surface area contributed by atoms with E-state index in [2.05, 4.69) is 111 Å². The molecule has 0 saturated carbocycles. The summed E-state index contributed by atoms with van der Waals surface area (Å²) >= 11 is 0. The average Bonchev–Trinajstić information content (AvgIpc) is 3.08. The van der Waals surface area contributed by atoms with Gasteiger partial charge in [0.1, 0.15) is 17.1 Å². The van der Waals surface area contributed by atoms with Gasteiger partial charge in [0.25, 0.3) is 0 Å². The molecule has 0 bridgehead atoms. The molecule has 0 unspecified atom stereocenters. The third-order valence-corrected chi connectivity index (χ3v) is 4.75. The highest BCUT2D eigenvalue weighted by Gasteiger charge is 2.37. The maximum atomic E-state index is 2.47. The monoisotopic (exact) mass is 336 g/mol. The first-order chi connectivity index (χ1) is 11.7. The highest BCUT2D eigenvalue weighted by molar-refractivity contribution is 5.38. The fourth-order valence-corrected chi connectivity index (χ4v) is 3.80. The molecule has 1 aromatic carbocycles. The zero-order valence-electron chi connectivity index (χ0n) is 16.5. The van der Waals surface area contributed by atoms with Crippen LogP contribution >= 0.6 is 0 Å². The molecule has 3 aromatic rings. The first kappa shape index (κ1) is 17.5. The van der Waals surface area contributed by atoms with Crippen LogP contribution in [-0.4, -0.2) is 9.13 Å². The van der Waals surface area contributed by atoms with Crippen molar-refractivity contribution in [3.63, 3.8) is 0 Å². The Morgan fingerprint density at radius 3 is 2.08 bits per heavy atom. The van der Waals surface area contributed by atoms with E-state index in [1.807, 2.05) is 0 Å². The molecule has 3 rings (SSSR count). The molecule has 2 heterocycles. The first-order valence-corrected chi connectivity index (χ1v) is 9.08. The Labute approximate surface area is 151 Å². The lowest BCUT2D eigenvalue weighted by Crippen LogP contribution is -2.44. The minimum Gasteiger partial charge on any atom is -0.269 e. The van der Waals surface area contributed by atoms with Gasteiger partial charge in [0.2, 0.25) is 11.6 Å². The number of rotatable bonds is 3. The van der Waals surface area contributed by atoms with Crippen molar-refractivity contribution >= 4 is 0 Å². The average molecular weight is 337 g/mol. The zero-order valence-corrected chi connectivity index (χ0v) is 16.5. The summed E-state index contributed by atoms with van der Waals surface area (Å²) in [4.78, 5) is 0. The Bertz CT molecular complexity index is 874. The van der Waals surface area contributed by atoms with Crippen LogP contribution in [0.5, 0.6) is 0 Å². The largest absolute Gasteiger partial charge is 0.269 e. The van der Waals surface area contributed by atoms with Gasteiger partial charge in [0, 0.05) is 17.4 Å². The topological polar surface area (TPSA) is 13.7 Å². The SMILES string of the molecule is Cc1c(C(C)C)n(-c2ccccc2)c(C(C)(C)C)[n+]1-c1cccn1C. The molecule has 0 N–H and O–H groups in total. The van der Waals surface area contributed by atoms with Crippen molar-refractivity contribution in [2.45, 2.75) is 52.9 Å². The minimum absolute atomic E-state index is 0.00197. The van der Waals surface area contributed by atoms with Crippen molar-refractivity contribution in [3.05, 3.63) is 65.9 Å². The van der Waals surface area contributed by atoms with Gasteiger partial charge < -0.3 is 0 Å². The third-order valence-electron chi connectivity index (χ3n) is 4.75. The van der Waals surface area contributed by atoms with Gasteiger partial charge in [0.15, 0.2) is 0 Å². The number of hydrogen-bond acceptors (Lipinski definition) is 0. The van der Waals surface area contributed by atoms with E-state index >= 15 is 0 Å². The Morgan fingerprint density at radius 1 is 0.960 bits per heavy atom. The summed E-state index contributed by atoms with van der Waals surface area (Å²) in [6.07, 6.45) is 2.11. The Kier molecular flexibility index (Phi) is 4.36. The lowest BCUT2D eigenvalue weighted by Gasteiger charge is -2.20. The molecule has 2 aromatic heterocycles. The highest BCUT2D eigenvalue weighted by Crippen LogP contribution is 2.31. The molecule has 0 fully saturated rings. The van der Waals surface area contributed by atoms with E-state index in [4.69, 9.17) is 0 Å². The van der Waals surface area contributed by atoms with Crippen LogP contribution in [0.4, 0.5) is 0 Å². The molecule has 3 nitrogen and oxygen atoms in total. The van der Waals surface area contributed by atoms with Gasteiger partial charge >= 0.3 is 0 Å². The van der Waals surface area contributed by atoms with Crippen LogP contribution in [-0.2, 0) is 12.5 Å². The maximum Gasteiger partial charge on any atom is 0.232 e. The van der Waals surface area contributed by atoms with E-state index in [0.29, 0.717) is 5.92 Å². The number of imidazole rings is 1. The van der Waals surface area contributed by atoms with Crippen LogP contribution in [0, 0.1) is 6.92 Å². The normalized spacial score (nSPS) is 12.2. The molecule has 0 aliphatic carbocycles. The van der Waals surface area contributed by atoms with Gasteiger partial charge in [-0.1, -0.05) is 52.8 Å². The van der Waals surface area contributed by atoms with Crippen molar-refractivity contribution in [1.82, 2.24) is 9.13 Å². The van der Waals surface area contributed by atoms with E-state index in [0.717, 1.165) is 0 Å². The Morgan fingerprint density at radius 2 is 1.60 bits per heavy atom. The molecular formula is C22H30N3+. The zero-order chi connectivity index (χ0) is 18.4. The fourth-order valence-electron chi connectivity index (χ4n) is 3.80. The standard InChI is InChI=1S/C22H30N3/c1-16(2)20-17(3)24(19-14-11-15-23(19)7)21(22(4,5)6)25(20)18-12-9-8-10-13-18/h8-16H,1-7H3/q+1. The molecule has 0 atom stereocenters. The van der Waals surface area contributed by atoms with Crippen LogP contribution in [0.2, 0.25) is 0 Å². The van der Waals surface area contributed by atoms with Crippen LogP contribution in [0.15, 0.2) is 48.7 Å². The second-order valence-corrected chi connectivity index (χ2v) is 8.18. The predicted octanol–water partition coefficient (Wildman–Crippen LogP) is 4.82. The number of aromatic nitrogens is 3. The van der Waals surface area contributed by atoms with Crippen molar-refractivity contribution in [3.8, 4) is 11.5 Å². The molecule has 0 saturated heterocycles. The Balaban J connectivity index is 2.47. The van der Waals surface area contributed by atoms with Crippen molar-refractivity contribution < 1.29 is 4.57 Å². The van der Waals surface area contributed by atoms with E-state index < -0.39 is 0 Å². The molecule has 0 radical (unpaired) electrons. The van der Waals surface area contributed by atoms with Crippen LogP contribution in [0.25, 0.3) is 11.5 Å². The third kappa shape index (κ3) is 2.92. The lowest BCUT2D eigenvalue weighted by atomic mass is 9.94. The first-order valence-electron chi connectivity index (χ1n) is 9.08. The lowest BCUT2D eigenvalue weighted by molar-refractivity contribution is -0.619. The second kappa shape index (κ2) is 6.21. The molecular weight excluding hydrogens is 306 g/mol. The number of nitrogens with zero attached hydrogens (tertiary/aromatic N) is 3. The summed E-state index contributed by atoms with van der Waals surface area (Å²) in [6.45, 7) is 13.7. The molecule has 25 heavy (non-hydrogen) atoms. The summed E-state index contributed by atoms with van der Waals surface area (Å²) in [5.74, 6) is 2.95. The predicted molar refractivity (Wildman–Crippen MR) is 104 cm³/mol. The number of aryl methyl sites for hydroxylation is 1. The summed E-state index contributed by atoms with van der Waals surface area (Å²) in [5.41, 5.74) is 3.91. The number of para-hydroxylation sites is 1. The van der Waals surface area contributed by atoms with Crippen LogP contribution in [0.3, 0.4) is 0 Å². The smallest absolute Gasteiger partial charge is 0.232 e. The maximum absolute atomic E-state index is 2.47. The summed E-state index contributed by atoms with van der Waals surface area (Å²) in [6, 6.07) is 15.0. The quantitative estimate of drug-likeness (QED) is 0.609. The van der Waals surface area contributed by atoms with Crippen LogP contribution < -0.4 is 4.57 Å². The van der Waals surface area contributed by atoms with E-state index in [1.165, 1.54) is 28.7 Å². The van der Waals surface area contributed by atoms with Crippen molar-refractivity contribution in [2.24, 2.45) is 7.05 Å².